The zero-order valence-corrected chi connectivity index (χ0v) is 24.4. The van der Waals surface area contributed by atoms with Gasteiger partial charge in [0.2, 0.25) is 0 Å². The summed E-state index contributed by atoms with van der Waals surface area (Å²) in [4.78, 5) is 2.50. The van der Waals surface area contributed by atoms with Crippen molar-refractivity contribution >= 4 is 11.6 Å². The standard InChI is InChI=1S/C33H48ClNO3/c1-31-14-11-27(38-22-21-37-20-19-35-17-3-4-18-35)23-25(31)7-10-28-29(31)12-15-32(2)30(28)13-16-33(32,36)24-5-8-26(34)9-6-24/h5-9,27-30,36H,3-4,10-23H2,1-2H3/t27?,28-,29-,30+,31+,32+,33?/m1/s1. The molecule has 0 amide bonds. The number of allylic oxidation sites excluding steroid dienone is 1. The van der Waals surface area contributed by atoms with Crippen molar-refractivity contribution in [3.8, 4) is 0 Å². The molecular formula is C33H48ClNO3. The Kier molecular flexibility index (Phi) is 7.76. The molecule has 4 fully saturated rings. The fraction of sp³-hybridized carbons (Fsp3) is 0.758. The third-order valence-electron chi connectivity index (χ3n) is 11.9. The summed E-state index contributed by atoms with van der Waals surface area (Å²) >= 11 is 6.18. The van der Waals surface area contributed by atoms with Crippen LogP contribution in [0.2, 0.25) is 5.02 Å². The molecule has 3 saturated carbocycles. The molecular weight excluding hydrogens is 494 g/mol. The largest absolute Gasteiger partial charge is 0.385 e. The van der Waals surface area contributed by atoms with Crippen LogP contribution in [0.15, 0.2) is 35.9 Å². The van der Waals surface area contributed by atoms with E-state index >= 15 is 0 Å². The van der Waals surface area contributed by atoms with E-state index in [1.165, 1.54) is 45.2 Å². The minimum absolute atomic E-state index is 0.0706. The van der Waals surface area contributed by atoms with Crippen LogP contribution in [0.4, 0.5) is 0 Å². The first-order chi connectivity index (χ1) is 18.3. The first-order valence-corrected chi connectivity index (χ1v) is 15.8. The van der Waals surface area contributed by atoms with Crippen molar-refractivity contribution in [1.82, 2.24) is 4.90 Å². The molecule has 5 heteroatoms. The number of ether oxygens (including phenoxy) is 2. The Bertz CT molecular complexity index is 1010. The minimum Gasteiger partial charge on any atom is -0.385 e. The Balaban J connectivity index is 1.06. The van der Waals surface area contributed by atoms with Gasteiger partial charge in [0.1, 0.15) is 0 Å². The smallest absolute Gasteiger partial charge is 0.0952 e. The lowest BCUT2D eigenvalue weighted by molar-refractivity contribution is -0.130. The number of aliphatic hydroxyl groups is 1. The quantitative estimate of drug-likeness (QED) is 0.284. The van der Waals surface area contributed by atoms with Gasteiger partial charge in [0.25, 0.3) is 0 Å². The maximum atomic E-state index is 12.1. The Labute approximate surface area is 235 Å². The first kappa shape index (κ1) is 27.3. The lowest BCUT2D eigenvalue weighted by atomic mass is 9.46. The van der Waals surface area contributed by atoms with E-state index in [2.05, 4.69) is 37.0 Å². The van der Waals surface area contributed by atoms with Gasteiger partial charge in [-0.15, -0.1) is 0 Å². The van der Waals surface area contributed by atoms with Gasteiger partial charge in [0, 0.05) is 17.0 Å². The van der Waals surface area contributed by atoms with Crippen molar-refractivity contribution in [2.24, 2.45) is 28.6 Å². The summed E-state index contributed by atoms with van der Waals surface area (Å²) in [6, 6.07) is 7.99. The van der Waals surface area contributed by atoms with Gasteiger partial charge in [0.05, 0.1) is 31.5 Å². The van der Waals surface area contributed by atoms with E-state index in [1.54, 1.807) is 5.57 Å². The number of halogens is 1. The number of benzene rings is 1. The molecule has 0 spiro atoms. The van der Waals surface area contributed by atoms with Crippen LogP contribution in [-0.4, -0.2) is 55.6 Å². The molecule has 1 N–H and O–H groups in total. The van der Waals surface area contributed by atoms with Crippen LogP contribution >= 0.6 is 11.6 Å². The van der Waals surface area contributed by atoms with Gasteiger partial charge >= 0.3 is 0 Å². The normalized spacial score (nSPS) is 40.9. The van der Waals surface area contributed by atoms with Crippen LogP contribution in [0.1, 0.15) is 83.6 Å². The zero-order valence-electron chi connectivity index (χ0n) is 23.6. The molecule has 38 heavy (non-hydrogen) atoms. The fourth-order valence-electron chi connectivity index (χ4n) is 9.56. The van der Waals surface area contributed by atoms with Crippen molar-refractivity contribution in [2.75, 3.05) is 39.5 Å². The highest BCUT2D eigenvalue weighted by Crippen LogP contribution is 2.69. The molecule has 1 aromatic rings. The van der Waals surface area contributed by atoms with Crippen molar-refractivity contribution in [3.05, 3.63) is 46.5 Å². The van der Waals surface area contributed by atoms with E-state index in [0.29, 0.717) is 31.2 Å². The summed E-state index contributed by atoms with van der Waals surface area (Å²) in [5.74, 6) is 1.97. The van der Waals surface area contributed by atoms with E-state index in [9.17, 15) is 5.11 Å². The topological polar surface area (TPSA) is 41.9 Å². The first-order valence-electron chi connectivity index (χ1n) is 15.4. The van der Waals surface area contributed by atoms with Gasteiger partial charge in [0.15, 0.2) is 0 Å². The molecule has 210 valence electrons. The van der Waals surface area contributed by atoms with Crippen molar-refractivity contribution in [2.45, 2.75) is 89.8 Å². The van der Waals surface area contributed by atoms with Gasteiger partial charge in [-0.1, -0.05) is 49.2 Å². The highest BCUT2D eigenvalue weighted by Gasteiger charge is 2.64. The molecule has 6 rings (SSSR count). The summed E-state index contributed by atoms with van der Waals surface area (Å²) in [7, 11) is 0. The number of rotatable bonds is 8. The lowest BCUT2D eigenvalue weighted by Crippen LogP contribution is -2.53. The van der Waals surface area contributed by atoms with Crippen LogP contribution in [0, 0.1) is 28.6 Å². The molecule has 1 heterocycles. The molecule has 0 bridgehead atoms. The summed E-state index contributed by atoms with van der Waals surface area (Å²) in [5.41, 5.74) is 2.18. The summed E-state index contributed by atoms with van der Waals surface area (Å²) < 4.78 is 12.2. The second kappa shape index (κ2) is 10.8. The molecule has 0 radical (unpaired) electrons. The summed E-state index contributed by atoms with van der Waals surface area (Å²) in [5, 5.41) is 12.9. The molecule has 2 unspecified atom stereocenters. The predicted molar refractivity (Wildman–Crippen MR) is 153 cm³/mol. The number of hydrogen-bond donors (Lipinski definition) is 1. The van der Waals surface area contributed by atoms with Crippen molar-refractivity contribution in [1.29, 1.82) is 0 Å². The van der Waals surface area contributed by atoms with Crippen LogP contribution in [0.5, 0.6) is 0 Å². The monoisotopic (exact) mass is 541 g/mol. The Morgan fingerprint density at radius 2 is 1.71 bits per heavy atom. The summed E-state index contributed by atoms with van der Waals surface area (Å²) in [6.45, 7) is 10.7. The SMILES string of the molecule is C[C@]12CCC(OCCOCCN3CCCC3)CC1=CC[C@@H]1[C@H]2CC[C@@]2(C)[C@H]1CCC2(O)c1ccc(Cl)cc1. The minimum atomic E-state index is -0.750. The maximum absolute atomic E-state index is 12.1. The van der Waals surface area contributed by atoms with Gasteiger partial charge < -0.3 is 19.5 Å². The lowest BCUT2D eigenvalue weighted by Gasteiger charge is -2.59. The summed E-state index contributed by atoms with van der Waals surface area (Å²) in [6.07, 6.45) is 14.6. The van der Waals surface area contributed by atoms with E-state index in [0.717, 1.165) is 61.8 Å². The van der Waals surface area contributed by atoms with E-state index < -0.39 is 5.60 Å². The van der Waals surface area contributed by atoms with Gasteiger partial charge in [-0.3, -0.25) is 0 Å². The molecule has 1 saturated heterocycles. The van der Waals surface area contributed by atoms with Crippen LogP contribution in [-0.2, 0) is 15.1 Å². The van der Waals surface area contributed by atoms with Crippen molar-refractivity contribution < 1.29 is 14.6 Å². The molecule has 4 nitrogen and oxygen atoms in total. The van der Waals surface area contributed by atoms with Gasteiger partial charge in [-0.25, -0.2) is 0 Å². The number of likely N-dealkylation sites (tertiary alicyclic amines) is 1. The van der Waals surface area contributed by atoms with Crippen molar-refractivity contribution in [3.63, 3.8) is 0 Å². The predicted octanol–water partition coefficient (Wildman–Crippen LogP) is 6.99. The number of hydrogen-bond acceptors (Lipinski definition) is 4. The van der Waals surface area contributed by atoms with Gasteiger partial charge in [-0.2, -0.15) is 0 Å². The Morgan fingerprint density at radius 3 is 2.50 bits per heavy atom. The maximum Gasteiger partial charge on any atom is 0.0952 e. The fourth-order valence-corrected chi connectivity index (χ4v) is 9.69. The van der Waals surface area contributed by atoms with Gasteiger partial charge in [-0.05, 0) is 118 Å². The molecule has 4 aliphatic carbocycles. The Morgan fingerprint density at radius 1 is 0.947 bits per heavy atom. The van der Waals surface area contributed by atoms with E-state index in [-0.39, 0.29) is 10.8 Å². The molecule has 0 aromatic heterocycles. The van der Waals surface area contributed by atoms with Crippen LogP contribution in [0.3, 0.4) is 0 Å². The zero-order chi connectivity index (χ0) is 26.4. The van der Waals surface area contributed by atoms with E-state index in [1.807, 2.05) is 12.1 Å². The average Bonchev–Trinajstić information content (AvgIpc) is 3.53. The highest BCUT2D eigenvalue weighted by molar-refractivity contribution is 6.30. The third kappa shape index (κ3) is 4.71. The molecule has 1 aromatic carbocycles. The highest BCUT2D eigenvalue weighted by atomic mass is 35.5. The second-order valence-electron chi connectivity index (χ2n) is 13.5. The molecule has 1 aliphatic heterocycles. The van der Waals surface area contributed by atoms with Crippen LogP contribution in [0.25, 0.3) is 0 Å². The number of nitrogens with zero attached hydrogens (tertiary/aromatic N) is 1. The number of fused-ring (bicyclic) bond motifs is 5. The third-order valence-corrected chi connectivity index (χ3v) is 12.1. The molecule has 7 atom stereocenters. The average molecular weight is 542 g/mol. The molecule has 5 aliphatic rings. The van der Waals surface area contributed by atoms with E-state index in [4.69, 9.17) is 21.1 Å². The van der Waals surface area contributed by atoms with Crippen LogP contribution < -0.4 is 0 Å². The second-order valence-corrected chi connectivity index (χ2v) is 14.0. The Hall–Kier alpha value is -0.910.